The van der Waals surface area contributed by atoms with Crippen molar-refractivity contribution in [3.05, 3.63) is 17.8 Å². The molecule has 0 spiro atoms. The first-order valence-electron chi connectivity index (χ1n) is 7.73. The van der Waals surface area contributed by atoms with E-state index in [4.69, 9.17) is 4.74 Å². The number of hydrogen-bond donors (Lipinski definition) is 0. The lowest BCUT2D eigenvalue weighted by molar-refractivity contribution is -0.0772. The molecule has 0 radical (unpaired) electrons. The fraction of sp³-hybridized carbons (Fsp3) is 0.600. The third kappa shape index (κ3) is 2.56. The summed E-state index contributed by atoms with van der Waals surface area (Å²) < 4.78 is 7.53. The Morgan fingerprint density at radius 1 is 1.32 bits per heavy atom. The standard InChI is InChI=1S/C15H21N5O2/c1-4-10-8-20(9-11(5-2)22-10)15(21)12-6-7-16-14-13(12)17-18-19(14)3/h6-7,10-11H,4-5,8-9H2,1-3H3. The minimum Gasteiger partial charge on any atom is -0.371 e. The first-order chi connectivity index (χ1) is 10.6. The van der Waals surface area contributed by atoms with Crippen molar-refractivity contribution in [2.24, 2.45) is 7.05 Å². The summed E-state index contributed by atoms with van der Waals surface area (Å²) in [5.74, 6) is -0.0203. The van der Waals surface area contributed by atoms with E-state index in [1.165, 1.54) is 0 Å². The van der Waals surface area contributed by atoms with Gasteiger partial charge in [0.2, 0.25) is 0 Å². The fourth-order valence-electron chi connectivity index (χ4n) is 2.82. The van der Waals surface area contributed by atoms with Crippen LogP contribution in [0.15, 0.2) is 12.3 Å². The molecule has 1 amide bonds. The molecule has 3 rings (SSSR count). The number of fused-ring (bicyclic) bond motifs is 1. The SMILES string of the molecule is CCC1CN(C(=O)c2ccnc3c2nnn3C)CC(CC)O1. The van der Waals surface area contributed by atoms with Gasteiger partial charge in [0.05, 0.1) is 17.8 Å². The first kappa shape index (κ1) is 14.9. The second-order valence-electron chi connectivity index (χ2n) is 5.65. The topological polar surface area (TPSA) is 73.1 Å². The van der Waals surface area contributed by atoms with Gasteiger partial charge in [0.25, 0.3) is 5.91 Å². The van der Waals surface area contributed by atoms with Crippen molar-refractivity contribution in [2.75, 3.05) is 13.1 Å². The number of amides is 1. The summed E-state index contributed by atoms with van der Waals surface area (Å²) in [5.41, 5.74) is 1.74. The van der Waals surface area contributed by atoms with Gasteiger partial charge < -0.3 is 9.64 Å². The predicted octanol–water partition coefficient (Wildman–Crippen LogP) is 1.39. The quantitative estimate of drug-likeness (QED) is 0.857. The lowest BCUT2D eigenvalue weighted by atomic mass is 10.1. The van der Waals surface area contributed by atoms with E-state index in [0.717, 1.165) is 12.8 Å². The molecule has 3 heterocycles. The number of nitrogens with zero attached hydrogens (tertiary/aromatic N) is 5. The summed E-state index contributed by atoms with van der Waals surface area (Å²) in [6.45, 7) is 5.41. The Hall–Kier alpha value is -2.02. The van der Waals surface area contributed by atoms with E-state index in [-0.39, 0.29) is 18.1 Å². The molecule has 2 unspecified atom stereocenters. The van der Waals surface area contributed by atoms with Crippen molar-refractivity contribution < 1.29 is 9.53 Å². The van der Waals surface area contributed by atoms with Crippen molar-refractivity contribution in [2.45, 2.75) is 38.9 Å². The molecule has 7 nitrogen and oxygen atoms in total. The Labute approximate surface area is 129 Å². The predicted molar refractivity (Wildman–Crippen MR) is 81.5 cm³/mol. The number of hydrogen-bond acceptors (Lipinski definition) is 5. The Morgan fingerprint density at radius 2 is 2.00 bits per heavy atom. The van der Waals surface area contributed by atoms with E-state index in [0.29, 0.717) is 29.8 Å². The van der Waals surface area contributed by atoms with E-state index < -0.39 is 0 Å². The summed E-state index contributed by atoms with van der Waals surface area (Å²) in [6, 6.07) is 1.72. The lowest BCUT2D eigenvalue weighted by Crippen LogP contribution is -2.49. The summed E-state index contributed by atoms with van der Waals surface area (Å²) >= 11 is 0. The van der Waals surface area contributed by atoms with Crippen LogP contribution in [0.3, 0.4) is 0 Å². The van der Waals surface area contributed by atoms with E-state index in [1.54, 1.807) is 24.0 Å². The number of carbonyl (C=O) groups excluding carboxylic acids is 1. The van der Waals surface area contributed by atoms with E-state index in [2.05, 4.69) is 29.1 Å². The van der Waals surface area contributed by atoms with Gasteiger partial charge in [-0.1, -0.05) is 19.1 Å². The number of morpholine rings is 1. The number of pyridine rings is 1. The molecule has 1 aliphatic heterocycles. The Kier molecular flexibility index (Phi) is 4.06. The molecule has 1 fully saturated rings. The Bertz CT molecular complexity index is 672. The van der Waals surface area contributed by atoms with E-state index in [9.17, 15) is 4.79 Å². The van der Waals surface area contributed by atoms with Gasteiger partial charge in [0, 0.05) is 26.3 Å². The smallest absolute Gasteiger partial charge is 0.256 e. The maximum Gasteiger partial charge on any atom is 0.256 e. The molecule has 0 aliphatic carbocycles. The highest BCUT2D eigenvalue weighted by Gasteiger charge is 2.30. The lowest BCUT2D eigenvalue weighted by Gasteiger charge is -2.37. The number of carbonyl (C=O) groups is 1. The molecule has 2 aromatic rings. The normalized spacial score (nSPS) is 22.2. The largest absolute Gasteiger partial charge is 0.371 e. The number of aryl methyl sites for hydroxylation is 1. The monoisotopic (exact) mass is 303 g/mol. The van der Waals surface area contributed by atoms with Crippen LogP contribution in [0.5, 0.6) is 0 Å². The molecular formula is C15H21N5O2. The minimum absolute atomic E-state index is 0.0203. The van der Waals surface area contributed by atoms with Crippen LogP contribution in [0.1, 0.15) is 37.0 Å². The zero-order valence-corrected chi connectivity index (χ0v) is 13.2. The molecule has 0 bridgehead atoms. The third-order valence-electron chi connectivity index (χ3n) is 4.15. The van der Waals surface area contributed by atoms with Crippen molar-refractivity contribution in [1.82, 2.24) is 24.9 Å². The average Bonchev–Trinajstić information content (AvgIpc) is 2.95. The van der Waals surface area contributed by atoms with Crippen LogP contribution >= 0.6 is 0 Å². The molecule has 0 saturated carbocycles. The molecule has 7 heteroatoms. The average molecular weight is 303 g/mol. The fourth-order valence-corrected chi connectivity index (χ4v) is 2.82. The van der Waals surface area contributed by atoms with E-state index in [1.807, 2.05) is 4.90 Å². The van der Waals surface area contributed by atoms with Crippen LogP contribution in [0, 0.1) is 0 Å². The van der Waals surface area contributed by atoms with Crippen LogP contribution < -0.4 is 0 Å². The Morgan fingerprint density at radius 3 is 2.64 bits per heavy atom. The molecule has 2 atom stereocenters. The summed E-state index contributed by atoms with van der Waals surface area (Å²) in [5, 5.41) is 8.04. The number of aromatic nitrogens is 4. The van der Waals surface area contributed by atoms with Crippen LogP contribution in [-0.2, 0) is 11.8 Å². The van der Waals surface area contributed by atoms with Gasteiger partial charge >= 0.3 is 0 Å². The highest BCUT2D eigenvalue weighted by Crippen LogP contribution is 2.21. The van der Waals surface area contributed by atoms with Crippen molar-refractivity contribution in [3.63, 3.8) is 0 Å². The maximum absolute atomic E-state index is 12.9. The summed E-state index contributed by atoms with van der Waals surface area (Å²) in [4.78, 5) is 19.0. The second kappa shape index (κ2) is 6.00. The van der Waals surface area contributed by atoms with Gasteiger partial charge in [-0.3, -0.25) is 4.79 Å². The third-order valence-corrected chi connectivity index (χ3v) is 4.15. The minimum atomic E-state index is -0.0203. The van der Waals surface area contributed by atoms with Crippen molar-refractivity contribution >= 4 is 17.1 Å². The van der Waals surface area contributed by atoms with Gasteiger partial charge in [-0.15, -0.1) is 5.10 Å². The molecule has 0 N–H and O–H groups in total. The zero-order valence-electron chi connectivity index (χ0n) is 13.2. The van der Waals surface area contributed by atoms with Gasteiger partial charge in [-0.2, -0.15) is 0 Å². The van der Waals surface area contributed by atoms with Crippen molar-refractivity contribution in [3.8, 4) is 0 Å². The highest BCUT2D eigenvalue weighted by molar-refractivity contribution is 6.03. The van der Waals surface area contributed by atoms with Gasteiger partial charge in [0.15, 0.2) is 5.65 Å². The molecule has 2 aromatic heterocycles. The molecule has 0 aromatic carbocycles. The highest BCUT2D eigenvalue weighted by atomic mass is 16.5. The van der Waals surface area contributed by atoms with Crippen molar-refractivity contribution in [1.29, 1.82) is 0 Å². The maximum atomic E-state index is 12.9. The van der Waals surface area contributed by atoms with Gasteiger partial charge in [0.1, 0.15) is 5.52 Å². The summed E-state index contributed by atoms with van der Waals surface area (Å²) in [6.07, 6.45) is 3.63. The summed E-state index contributed by atoms with van der Waals surface area (Å²) in [7, 11) is 1.77. The zero-order chi connectivity index (χ0) is 15.7. The van der Waals surface area contributed by atoms with Gasteiger partial charge in [-0.25, -0.2) is 9.67 Å². The molecule has 118 valence electrons. The molecular weight excluding hydrogens is 282 g/mol. The number of rotatable bonds is 3. The van der Waals surface area contributed by atoms with E-state index >= 15 is 0 Å². The van der Waals surface area contributed by atoms with Crippen LogP contribution in [0.25, 0.3) is 11.2 Å². The van der Waals surface area contributed by atoms with Crippen LogP contribution in [0.4, 0.5) is 0 Å². The Balaban J connectivity index is 1.91. The molecule has 1 saturated heterocycles. The number of ether oxygens (including phenoxy) is 1. The van der Waals surface area contributed by atoms with Gasteiger partial charge in [-0.05, 0) is 18.9 Å². The second-order valence-corrected chi connectivity index (χ2v) is 5.65. The van der Waals surface area contributed by atoms with Crippen LogP contribution in [0.2, 0.25) is 0 Å². The molecule has 22 heavy (non-hydrogen) atoms. The molecule has 1 aliphatic rings. The first-order valence-corrected chi connectivity index (χ1v) is 7.73. The van der Waals surface area contributed by atoms with Crippen LogP contribution in [-0.4, -0.2) is 56.1 Å².